The van der Waals surface area contributed by atoms with E-state index in [1.807, 2.05) is 23.6 Å². The summed E-state index contributed by atoms with van der Waals surface area (Å²) in [5.41, 5.74) is 1.82. The predicted octanol–water partition coefficient (Wildman–Crippen LogP) is 2.59. The number of ether oxygens (including phenoxy) is 2. The maximum absolute atomic E-state index is 9.44. The van der Waals surface area contributed by atoms with Gasteiger partial charge >= 0.3 is 0 Å². The highest BCUT2D eigenvalue weighted by Gasteiger charge is 2.15. The quantitative estimate of drug-likeness (QED) is 0.888. The van der Waals surface area contributed by atoms with Crippen LogP contribution in [0.3, 0.4) is 0 Å². The van der Waals surface area contributed by atoms with E-state index in [9.17, 15) is 5.11 Å². The number of hydrogen-bond acceptors (Lipinski definition) is 5. The van der Waals surface area contributed by atoms with Crippen LogP contribution in [0.2, 0.25) is 0 Å². The van der Waals surface area contributed by atoms with E-state index in [-0.39, 0.29) is 6.79 Å². The number of nitrogens with zero attached hydrogens (tertiary/aromatic N) is 1. The topological polar surface area (TPSA) is 51.6 Å². The van der Waals surface area contributed by atoms with Crippen LogP contribution in [-0.2, 0) is 0 Å². The van der Waals surface area contributed by atoms with Crippen LogP contribution in [0.4, 0.5) is 0 Å². The molecule has 1 aliphatic rings. The van der Waals surface area contributed by atoms with E-state index >= 15 is 0 Å². The van der Waals surface area contributed by atoms with Gasteiger partial charge in [0, 0.05) is 10.9 Å². The normalized spacial score (nSPS) is 14.9. The van der Waals surface area contributed by atoms with Crippen molar-refractivity contribution in [1.82, 2.24) is 4.98 Å². The number of thiazole rings is 1. The molecule has 1 aromatic carbocycles. The lowest BCUT2D eigenvalue weighted by Gasteiger charge is -2.00. The van der Waals surface area contributed by atoms with E-state index in [0.29, 0.717) is 0 Å². The van der Waals surface area contributed by atoms with Gasteiger partial charge in [0.1, 0.15) is 11.1 Å². The zero-order valence-corrected chi connectivity index (χ0v) is 10.0. The first kappa shape index (κ1) is 10.6. The summed E-state index contributed by atoms with van der Waals surface area (Å²) in [6.45, 7) is 1.98. The van der Waals surface area contributed by atoms with Crippen molar-refractivity contribution in [2.24, 2.45) is 0 Å². The molecule has 3 rings (SSSR count). The highest BCUT2D eigenvalue weighted by atomic mass is 32.1. The van der Waals surface area contributed by atoms with Crippen LogP contribution in [0.5, 0.6) is 11.5 Å². The van der Waals surface area contributed by atoms with Gasteiger partial charge in [0.2, 0.25) is 6.79 Å². The third-order valence-corrected chi connectivity index (χ3v) is 3.56. The molecular weight excluding hydrogens is 238 g/mol. The molecular formula is C12H11NO3S. The molecule has 1 atom stereocenters. The molecule has 1 aliphatic heterocycles. The third-order valence-electron chi connectivity index (χ3n) is 2.55. The smallest absolute Gasteiger partial charge is 0.231 e. The lowest BCUT2D eigenvalue weighted by atomic mass is 10.1. The van der Waals surface area contributed by atoms with E-state index < -0.39 is 6.10 Å². The van der Waals surface area contributed by atoms with Crippen molar-refractivity contribution in [3.05, 3.63) is 28.6 Å². The molecule has 88 valence electrons. The average Bonchev–Trinajstić information content (AvgIpc) is 2.97. The number of benzene rings is 1. The van der Waals surface area contributed by atoms with E-state index in [2.05, 4.69) is 4.98 Å². The molecule has 0 spiro atoms. The van der Waals surface area contributed by atoms with Gasteiger partial charge in [-0.25, -0.2) is 4.98 Å². The van der Waals surface area contributed by atoms with Gasteiger partial charge in [-0.2, -0.15) is 0 Å². The number of aromatic nitrogens is 1. The van der Waals surface area contributed by atoms with E-state index in [4.69, 9.17) is 9.47 Å². The van der Waals surface area contributed by atoms with Crippen LogP contribution < -0.4 is 9.47 Å². The standard InChI is InChI=1S/C12H11NO3S/c1-7(14)12-13-9(5-17-12)8-2-3-10-11(4-8)16-6-15-10/h2-5,7,14H,6H2,1H3. The number of rotatable bonds is 2. The van der Waals surface area contributed by atoms with Crippen molar-refractivity contribution in [2.45, 2.75) is 13.0 Å². The van der Waals surface area contributed by atoms with Gasteiger partial charge in [-0.15, -0.1) is 11.3 Å². The molecule has 0 saturated carbocycles. The molecule has 4 nitrogen and oxygen atoms in total. The Morgan fingerprint density at radius 2 is 2.18 bits per heavy atom. The molecule has 1 unspecified atom stereocenters. The molecule has 0 saturated heterocycles. The largest absolute Gasteiger partial charge is 0.454 e. The van der Waals surface area contributed by atoms with Gasteiger partial charge in [-0.05, 0) is 25.1 Å². The maximum atomic E-state index is 9.44. The Balaban J connectivity index is 1.97. The fraction of sp³-hybridized carbons (Fsp3) is 0.250. The highest BCUT2D eigenvalue weighted by Crippen LogP contribution is 2.36. The Morgan fingerprint density at radius 3 is 2.94 bits per heavy atom. The summed E-state index contributed by atoms with van der Waals surface area (Å²) in [6, 6.07) is 5.72. The Hall–Kier alpha value is -1.59. The van der Waals surface area contributed by atoms with Crippen molar-refractivity contribution >= 4 is 11.3 Å². The Kier molecular flexibility index (Phi) is 2.49. The van der Waals surface area contributed by atoms with Crippen molar-refractivity contribution in [3.63, 3.8) is 0 Å². The van der Waals surface area contributed by atoms with Crippen molar-refractivity contribution in [3.8, 4) is 22.8 Å². The summed E-state index contributed by atoms with van der Waals surface area (Å²) in [5, 5.41) is 12.1. The number of hydrogen-bond donors (Lipinski definition) is 1. The van der Waals surface area contributed by atoms with Crippen LogP contribution in [0.25, 0.3) is 11.3 Å². The molecule has 0 fully saturated rings. The lowest BCUT2D eigenvalue weighted by molar-refractivity contribution is 0.174. The lowest BCUT2D eigenvalue weighted by Crippen LogP contribution is -1.92. The number of aliphatic hydroxyl groups excluding tert-OH is 1. The first-order valence-electron chi connectivity index (χ1n) is 5.27. The van der Waals surface area contributed by atoms with Crippen LogP contribution >= 0.6 is 11.3 Å². The van der Waals surface area contributed by atoms with Gasteiger partial charge < -0.3 is 14.6 Å². The number of fused-ring (bicyclic) bond motifs is 1. The first-order chi connectivity index (χ1) is 8.24. The summed E-state index contributed by atoms with van der Waals surface area (Å²) in [7, 11) is 0. The summed E-state index contributed by atoms with van der Waals surface area (Å²) >= 11 is 1.45. The molecule has 5 heteroatoms. The maximum Gasteiger partial charge on any atom is 0.231 e. The minimum Gasteiger partial charge on any atom is -0.454 e. The second-order valence-electron chi connectivity index (χ2n) is 3.81. The highest BCUT2D eigenvalue weighted by molar-refractivity contribution is 7.10. The van der Waals surface area contributed by atoms with Crippen LogP contribution in [0.1, 0.15) is 18.0 Å². The fourth-order valence-corrected chi connectivity index (χ4v) is 2.44. The fourth-order valence-electron chi connectivity index (χ4n) is 1.67. The minimum absolute atomic E-state index is 0.273. The average molecular weight is 249 g/mol. The minimum atomic E-state index is -0.525. The first-order valence-corrected chi connectivity index (χ1v) is 6.15. The zero-order chi connectivity index (χ0) is 11.8. The van der Waals surface area contributed by atoms with Crippen molar-refractivity contribution < 1.29 is 14.6 Å². The Bertz CT molecular complexity index is 550. The predicted molar refractivity (Wildman–Crippen MR) is 64.3 cm³/mol. The van der Waals surface area contributed by atoms with Crippen LogP contribution in [0, 0.1) is 0 Å². The van der Waals surface area contributed by atoms with Crippen molar-refractivity contribution in [2.75, 3.05) is 6.79 Å². The molecule has 2 aromatic rings. The third kappa shape index (κ3) is 1.87. The Morgan fingerprint density at radius 1 is 1.35 bits per heavy atom. The molecule has 0 amide bonds. The molecule has 0 bridgehead atoms. The van der Waals surface area contributed by atoms with Crippen LogP contribution in [0.15, 0.2) is 23.6 Å². The van der Waals surface area contributed by atoms with Crippen molar-refractivity contribution in [1.29, 1.82) is 0 Å². The molecule has 0 aliphatic carbocycles. The van der Waals surface area contributed by atoms with E-state index in [0.717, 1.165) is 27.8 Å². The van der Waals surface area contributed by atoms with Gasteiger partial charge in [0.05, 0.1) is 5.69 Å². The van der Waals surface area contributed by atoms with E-state index in [1.165, 1.54) is 11.3 Å². The number of aliphatic hydroxyl groups is 1. The van der Waals surface area contributed by atoms with E-state index in [1.54, 1.807) is 6.92 Å². The summed E-state index contributed by atoms with van der Waals surface area (Å²) in [4.78, 5) is 4.38. The zero-order valence-electron chi connectivity index (χ0n) is 9.21. The monoisotopic (exact) mass is 249 g/mol. The van der Waals surface area contributed by atoms with Gasteiger partial charge in [0.15, 0.2) is 11.5 Å². The molecule has 17 heavy (non-hydrogen) atoms. The second-order valence-corrected chi connectivity index (χ2v) is 4.70. The second kappa shape index (κ2) is 4.01. The van der Waals surface area contributed by atoms with Gasteiger partial charge in [-0.1, -0.05) is 0 Å². The van der Waals surface area contributed by atoms with Gasteiger partial charge in [-0.3, -0.25) is 0 Å². The summed E-state index contributed by atoms with van der Waals surface area (Å²) < 4.78 is 10.6. The molecule has 2 heterocycles. The Labute approximate surface area is 102 Å². The summed E-state index contributed by atoms with van der Waals surface area (Å²) in [5.74, 6) is 1.51. The SMILES string of the molecule is CC(O)c1nc(-c2ccc3c(c2)OCO3)cs1. The van der Waals surface area contributed by atoms with Gasteiger partial charge in [0.25, 0.3) is 0 Å². The molecule has 1 aromatic heterocycles. The molecule has 0 radical (unpaired) electrons. The molecule has 1 N–H and O–H groups in total. The van der Waals surface area contributed by atoms with Crippen LogP contribution in [-0.4, -0.2) is 16.9 Å². The summed E-state index contributed by atoms with van der Waals surface area (Å²) in [6.07, 6.45) is -0.525.